The second-order valence-electron chi connectivity index (χ2n) is 3.10. The Morgan fingerprint density at radius 2 is 1.61 bits per heavy atom. The van der Waals surface area contributed by atoms with Gasteiger partial charge >= 0.3 is 18.3 Å². The van der Waals surface area contributed by atoms with Gasteiger partial charge in [-0.15, -0.1) is 0 Å². The first-order valence-corrected chi connectivity index (χ1v) is 4.60. The molecule has 0 heterocycles. The molecule has 0 atom stereocenters. The van der Waals surface area contributed by atoms with Gasteiger partial charge in [-0.3, -0.25) is 0 Å². The molecule has 0 aromatic heterocycles. The van der Waals surface area contributed by atoms with Crippen molar-refractivity contribution in [1.82, 2.24) is 0 Å². The first kappa shape index (κ1) is 16.8. The predicted octanol–water partition coefficient (Wildman–Crippen LogP) is 2.62. The summed E-state index contributed by atoms with van der Waals surface area (Å²) in [5, 5.41) is 0. The van der Waals surface area contributed by atoms with Crippen LogP contribution in [0.25, 0.3) is 0 Å². The monoisotopic (exact) mass is 280 g/mol. The highest BCUT2D eigenvalue weighted by Crippen LogP contribution is 2.35. The SMILES string of the molecule is C=C(COC(C(F)(F)F)C(F)(F)F)C(=O)OCC. The number of hydrogen-bond acceptors (Lipinski definition) is 3. The maximum Gasteiger partial charge on any atom is 0.423 e. The van der Waals surface area contributed by atoms with E-state index in [1.54, 1.807) is 0 Å². The Hall–Kier alpha value is -1.25. The Morgan fingerprint density at radius 1 is 1.17 bits per heavy atom. The van der Waals surface area contributed by atoms with E-state index in [9.17, 15) is 31.1 Å². The summed E-state index contributed by atoms with van der Waals surface area (Å²) in [5.41, 5.74) is -0.629. The molecule has 18 heavy (non-hydrogen) atoms. The van der Waals surface area contributed by atoms with Crippen LogP contribution in [0.3, 0.4) is 0 Å². The van der Waals surface area contributed by atoms with Gasteiger partial charge in [-0.25, -0.2) is 4.79 Å². The number of carbonyl (C=O) groups excluding carboxylic acids is 1. The summed E-state index contributed by atoms with van der Waals surface area (Å²) in [6, 6.07) is 0. The van der Waals surface area contributed by atoms with Crippen molar-refractivity contribution in [2.45, 2.75) is 25.4 Å². The summed E-state index contributed by atoms with van der Waals surface area (Å²) in [5.74, 6) is -1.11. The standard InChI is InChI=1S/C9H10F6O3/c1-3-17-6(16)5(2)4-18-7(8(10,11)12)9(13,14)15/h7H,2-4H2,1H3. The van der Waals surface area contributed by atoms with E-state index in [0.717, 1.165) is 0 Å². The van der Waals surface area contributed by atoms with Crippen LogP contribution < -0.4 is 0 Å². The van der Waals surface area contributed by atoms with Crippen LogP contribution in [0.15, 0.2) is 12.2 Å². The van der Waals surface area contributed by atoms with Crippen LogP contribution in [0.2, 0.25) is 0 Å². The van der Waals surface area contributed by atoms with Crippen molar-refractivity contribution < 1.29 is 40.6 Å². The van der Waals surface area contributed by atoms with Crippen LogP contribution in [-0.4, -0.2) is 37.6 Å². The van der Waals surface area contributed by atoms with Crippen molar-refractivity contribution >= 4 is 5.97 Å². The summed E-state index contributed by atoms with van der Waals surface area (Å²) in [6.07, 6.45) is -15.2. The zero-order valence-corrected chi connectivity index (χ0v) is 9.19. The Balaban J connectivity index is 4.56. The second kappa shape index (κ2) is 6.07. The van der Waals surface area contributed by atoms with Crippen LogP contribution in [0.1, 0.15) is 6.92 Å². The number of alkyl halides is 6. The fourth-order valence-electron chi connectivity index (χ4n) is 0.851. The Bertz CT molecular complexity index is 292. The third-order valence-corrected chi connectivity index (χ3v) is 1.58. The predicted molar refractivity (Wildman–Crippen MR) is 47.6 cm³/mol. The van der Waals surface area contributed by atoms with Gasteiger partial charge in [0.1, 0.15) is 0 Å². The van der Waals surface area contributed by atoms with Crippen molar-refractivity contribution in [3.05, 3.63) is 12.2 Å². The molecule has 106 valence electrons. The van der Waals surface area contributed by atoms with E-state index < -0.39 is 36.6 Å². The zero-order chi connectivity index (χ0) is 14.6. The van der Waals surface area contributed by atoms with Crippen LogP contribution in [0, 0.1) is 0 Å². The maximum absolute atomic E-state index is 12.0. The van der Waals surface area contributed by atoms with E-state index >= 15 is 0 Å². The maximum atomic E-state index is 12.0. The molecular formula is C9H10F6O3. The summed E-state index contributed by atoms with van der Waals surface area (Å²) in [4.78, 5) is 10.9. The molecule has 0 radical (unpaired) electrons. The molecule has 0 aliphatic rings. The molecule has 0 aliphatic heterocycles. The minimum atomic E-state index is -5.62. The quantitative estimate of drug-likeness (QED) is 0.441. The molecule has 9 heteroatoms. The van der Waals surface area contributed by atoms with E-state index in [4.69, 9.17) is 0 Å². The Kier molecular flexibility index (Phi) is 5.65. The van der Waals surface area contributed by atoms with Gasteiger partial charge in [0.25, 0.3) is 0 Å². The number of halogens is 6. The number of rotatable bonds is 5. The molecule has 0 saturated heterocycles. The second-order valence-corrected chi connectivity index (χ2v) is 3.10. The van der Waals surface area contributed by atoms with Crippen molar-refractivity contribution in [3.63, 3.8) is 0 Å². The molecule has 0 bridgehead atoms. The lowest BCUT2D eigenvalue weighted by molar-refractivity contribution is -0.320. The van der Waals surface area contributed by atoms with Crippen molar-refractivity contribution in [3.8, 4) is 0 Å². The first-order valence-electron chi connectivity index (χ1n) is 4.60. The molecule has 0 saturated carbocycles. The minimum absolute atomic E-state index is 0.0835. The first-order chi connectivity index (χ1) is 8.00. The lowest BCUT2D eigenvalue weighted by atomic mass is 10.3. The van der Waals surface area contributed by atoms with Crippen LogP contribution >= 0.6 is 0 Å². The van der Waals surface area contributed by atoms with E-state index in [2.05, 4.69) is 16.1 Å². The minimum Gasteiger partial charge on any atom is -0.463 e. The highest BCUT2D eigenvalue weighted by Gasteiger charge is 2.58. The number of carbonyl (C=O) groups is 1. The van der Waals surface area contributed by atoms with Gasteiger partial charge in [-0.1, -0.05) is 6.58 Å². The highest BCUT2D eigenvalue weighted by molar-refractivity contribution is 5.87. The van der Waals surface area contributed by atoms with Gasteiger partial charge in [0.15, 0.2) is 0 Å². The molecule has 0 spiro atoms. The molecule has 3 nitrogen and oxygen atoms in total. The van der Waals surface area contributed by atoms with Gasteiger partial charge in [0.05, 0.1) is 18.8 Å². The highest BCUT2D eigenvalue weighted by atomic mass is 19.4. The van der Waals surface area contributed by atoms with Crippen LogP contribution in [0.4, 0.5) is 26.3 Å². The smallest absolute Gasteiger partial charge is 0.423 e. The lowest BCUT2D eigenvalue weighted by Gasteiger charge is -2.23. The fraction of sp³-hybridized carbons (Fsp3) is 0.667. The van der Waals surface area contributed by atoms with Gasteiger partial charge in [0, 0.05) is 0 Å². The molecule has 0 aromatic carbocycles. The normalized spacial score (nSPS) is 12.7. The summed E-state index contributed by atoms with van der Waals surface area (Å²) in [6.45, 7) is 3.09. The van der Waals surface area contributed by atoms with E-state index in [0.29, 0.717) is 0 Å². The molecule has 0 unspecified atom stereocenters. The van der Waals surface area contributed by atoms with E-state index in [1.165, 1.54) is 6.92 Å². The third-order valence-electron chi connectivity index (χ3n) is 1.58. The number of ether oxygens (including phenoxy) is 2. The molecule has 0 N–H and O–H groups in total. The average Bonchev–Trinajstić information content (AvgIpc) is 2.13. The van der Waals surface area contributed by atoms with Gasteiger partial charge in [-0.2, -0.15) is 26.3 Å². The van der Waals surface area contributed by atoms with Gasteiger partial charge in [0.2, 0.25) is 6.10 Å². The molecule has 0 aliphatic carbocycles. The van der Waals surface area contributed by atoms with Crippen molar-refractivity contribution in [2.24, 2.45) is 0 Å². The number of hydrogen-bond donors (Lipinski definition) is 0. The average molecular weight is 280 g/mol. The lowest BCUT2D eigenvalue weighted by Crippen LogP contribution is -2.44. The van der Waals surface area contributed by atoms with Crippen molar-refractivity contribution in [1.29, 1.82) is 0 Å². The zero-order valence-electron chi connectivity index (χ0n) is 9.19. The summed E-state index contributed by atoms with van der Waals surface area (Å²) < 4.78 is 80.1. The largest absolute Gasteiger partial charge is 0.463 e. The third kappa shape index (κ3) is 5.39. The van der Waals surface area contributed by atoms with Crippen LogP contribution in [0.5, 0.6) is 0 Å². The molecule has 0 aromatic rings. The molecule has 0 amide bonds. The van der Waals surface area contributed by atoms with E-state index in [1.807, 2.05) is 0 Å². The van der Waals surface area contributed by atoms with Gasteiger partial charge in [-0.05, 0) is 6.92 Å². The summed E-state index contributed by atoms with van der Waals surface area (Å²) in [7, 11) is 0. The van der Waals surface area contributed by atoms with Crippen LogP contribution in [-0.2, 0) is 14.3 Å². The Morgan fingerprint density at radius 3 is 1.94 bits per heavy atom. The number of esters is 1. The summed E-state index contributed by atoms with van der Waals surface area (Å²) >= 11 is 0. The van der Waals surface area contributed by atoms with E-state index in [-0.39, 0.29) is 6.61 Å². The Labute approximate surface area is 98.4 Å². The molecule has 0 rings (SSSR count). The fourth-order valence-corrected chi connectivity index (χ4v) is 0.851. The van der Waals surface area contributed by atoms with Crippen molar-refractivity contribution in [2.75, 3.05) is 13.2 Å². The molecule has 0 fully saturated rings. The molecular weight excluding hydrogens is 270 g/mol. The topological polar surface area (TPSA) is 35.5 Å². The van der Waals surface area contributed by atoms with Gasteiger partial charge < -0.3 is 9.47 Å².